The van der Waals surface area contributed by atoms with E-state index >= 15 is 0 Å². The summed E-state index contributed by atoms with van der Waals surface area (Å²) in [5, 5.41) is 6.68. The van der Waals surface area contributed by atoms with Crippen molar-refractivity contribution in [3.05, 3.63) is 0 Å². The normalized spacial score (nSPS) is 43.9. The molecule has 0 saturated carbocycles. The van der Waals surface area contributed by atoms with Gasteiger partial charge in [0.25, 0.3) is 0 Å². The first-order chi connectivity index (χ1) is 5.42. The van der Waals surface area contributed by atoms with Crippen LogP contribution in [0.4, 0.5) is 0 Å². The highest BCUT2D eigenvalue weighted by Crippen LogP contribution is 2.26. The Morgan fingerprint density at radius 3 is 3.27 bits per heavy atom. The van der Waals surface area contributed by atoms with Crippen molar-refractivity contribution in [2.75, 3.05) is 20.2 Å². The zero-order chi connectivity index (χ0) is 7.68. The van der Waals surface area contributed by atoms with Crippen molar-refractivity contribution in [3.8, 4) is 0 Å². The van der Waals surface area contributed by atoms with Gasteiger partial charge in [0.05, 0.1) is 12.3 Å². The first-order valence-corrected chi connectivity index (χ1v) is 4.44. The van der Waals surface area contributed by atoms with Crippen LogP contribution in [0, 0.1) is 5.92 Å². The van der Waals surface area contributed by atoms with Crippen LogP contribution >= 0.6 is 0 Å². The molecule has 0 aromatic carbocycles. The second-order valence-corrected chi connectivity index (χ2v) is 3.39. The lowest BCUT2D eigenvalue weighted by molar-refractivity contribution is -0.00722. The molecule has 2 aliphatic rings. The van der Waals surface area contributed by atoms with Crippen LogP contribution in [0.1, 0.15) is 12.8 Å². The highest BCUT2D eigenvalue weighted by Gasteiger charge is 2.37. The molecule has 0 aromatic heterocycles. The van der Waals surface area contributed by atoms with E-state index in [9.17, 15) is 0 Å². The van der Waals surface area contributed by atoms with Crippen molar-refractivity contribution < 1.29 is 4.74 Å². The third-order valence-corrected chi connectivity index (χ3v) is 2.77. The molecule has 0 spiro atoms. The minimum atomic E-state index is 0.473. The lowest BCUT2D eigenvalue weighted by atomic mass is 9.95. The highest BCUT2D eigenvalue weighted by molar-refractivity contribution is 4.90. The van der Waals surface area contributed by atoms with Crippen molar-refractivity contribution in [1.82, 2.24) is 10.6 Å². The summed E-state index contributed by atoms with van der Waals surface area (Å²) in [6.45, 7) is 1.98. The van der Waals surface area contributed by atoms with Gasteiger partial charge in [-0.3, -0.25) is 5.32 Å². The maximum Gasteiger partial charge on any atom is 0.0755 e. The van der Waals surface area contributed by atoms with E-state index in [4.69, 9.17) is 4.74 Å². The molecule has 2 N–H and O–H groups in total. The predicted octanol–water partition coefficient (Wildman–Crippen LogP) is -0.0697. The van der Waals surface area contributed by atoms with E-state index in [-0.39, 0.29) is 0 Å². The molecule has 2 aliphatic heterocycles. The molecule has 0 aliphatic carbocycles. The maximum atomic E-state index is 5.63. The zero-order valence-electron chi connectivity index (χ0n) is 6.97. The molecular weight excluding hydrogens is 140 g/mol. The van der Waals surface area contributed by atoms with E-state index in [0.717, 1.165) is 13.2 Å². The standard InChI is InChI=1S/C8H16N2O/c1-9-8-6-3-2-4-11-7(6)5-10-8/h6-10H,2-5H2,1H3. The number of rotatable bonds is 1. The minimum Gasteiger partial charge on any atom is -0.376 e. The van der Waals surface area contributed by atoms with E-state index in [0.29, 0.717) is 18.2 Å². The van der Waals surface area contributed by atoms with Gasteiger partial charge in [-0.1, -0.05) is 0 Å². The third-order valence-electron chi connectivity index (χ3n) is 2.77. The zero-order valence-corrected chi connectivity index (χ0v) is 6.97. The predicted molar refractivity (Wildman–Crippen MR) is 43.3 cm³/mol. The van der Waals surface area contributed by atoms with Gasteiger partial charge in [0.1, 0.15) is 0 Å². The lowest BCUT2D eigenvalue weighted by Crippen LogP contribution is -2.41. The lowest BCUT2D eigenvalue weighted by Gasteiger charge is -2.28. The van der Waals surface area contributed by atoms with Gasteiger partial charge in [-0.25, -0.2) is 0 Å². The van der Waals surface area contributed by atoms with Crippen molar-refractivity contribution in [3.63, 3.8) is 0 Å². The highest BCUT2D eigenvalue weighted by atomic mass is 16.5. The molecule has 0 bridgehead atoms. The molecule has 2 fully saturated rings. The first kappa shape index (κ1) is 7.53. The van der Waals surface area contributed by atoms with Gasteiger partial charge in [0, 0.05) is 19.1 Å². The quantitative estimate of drug-likeness (QED) is 0.557. The van der Waals surface area contributed by atoms with E-state index in [2.05, 4.69) is 10.6 Å². The van der Waals surface area contributed by atoms with E-state index in [1.807, 2.05) is 7.05 Å². The molecular formula is C8H16N2O. The molecule has 2 heterocycles. The summed E-state index contributed by atoms with van der Waals surface area (Å²) in [6, 6.07) is 0. The monoisotopic (exact) mass is 156 g/mol. The maximum absolute atomic E-state index is 5.63. The molecule has 3 heteroatoms. The molecule has 3 unspecified atom stereocenters. The summed E-state index contributed by atoms with van der Waals surface area (Å²) >= 11 is 0. The molecule has 0 amide bonds. The van der Waals surface area contributed by atoms with Gasteiger partial charge in [-0.2, -0.15) is 0 Å². The Bertz CT molecular complexity index is 134. The van der Waals surface area contributed by atoms with Crippen LogP contribution in [-0.4, -0.2) is 32.5 Å². The Balaban J connectivity index is 1.98. The van der Waals surface area contributed by atoms with Crippen molar-refractivity contribution in [2.24, 2.45) is 5.92 Å². The number of nitrogens with one attached hydrogen (secondary N) is 2. The van der Waals surface area contributed by atoms with Crippen molar-refractivity contribution >= 4 is 0 Å². The minimum absolute atomic E-state index is 0.473. The van der Waals surface area contributed by atoms with Crippen LogP contribution in [0.25, 0.3) is 0 Å². The Labute approximate surface area is 67.5 Å². The Hall–Kier alpha value is -0.120. The van der Waals surface area contributed by atoms with Crippen LogP contribution < -0.4 is 10.6 Å². The van der Waals surface area contributed by atoms with Crippen molar-refractivity contribution in [2.45, 2.75) is 25.1 Å². The van der Waals surface area contributed by atoms with Gasteiger partial charge in [0.2, 0.25) is 0 Å². The molecule has 3 atom stereocenters. The average Bonchev–Trinajstić information content (AvgIpc) is 2.47. The smallest absolute Gasteiger partial charge is 0.0755 e. The topological polar surface area (TPSA) is 33.3 Å². The summed E-state index contributed by atoms with van der Waals surface area (Å²) < 4.78 is 5.63. The number of hydrogen-bond donors (Lipinski definition) is 2. The summed E-state index contributed by atoms with van der Waals surface area (Å²) in [5.74, 6) is 0.703. The van der Waals surface area contributed by atoms with Gasteiger partial charge in [-0.15, -0.1) is 0 Å². The fourth-order valence-electron chi connectivity index (χ4n) is 2.17. The average molecular weight is 156 g/mol. The summed E-state index contributed by atoms with van der Waals surface area (Å²) in [6.07, 6.45) is 3.49. The second-order valence-electron chi connectivity index (χ2n) is 3.39. The second kappa shape index (κ2) is 3.09. The van der Waals surface area contributed by atoms with E-state index < -0.39 is 0 Å². The summed E-state index contributed by atoms with van der Waals surface area (Å²) in [4.78, 5) is 0. The first-order valence-electron chi connectivity index (χ1n) is 4.44. The molecule has 3 nitrogen and oxygen atoms in total. The molecule has 64 valence electrons. The molecule has 2 rings (SSSR count). The Morgan fingerprint density at radius 1 is 1.55 bits per heavy atom. The van der Waals surface area contributed by atoms with E-state index in [1.165, 1.54) is 12.8 Å². The van der Waals surface area contributed by atoms with Gasteiger partial charge < -0.3 is 10.1 Å². The molecule has 0 radical (unpaired) electrons. The SMILES string of the molecule is CNC1NCC2OCCCC12. The largest absolute Gasteiger partial charge is 0.376 e. The van der Waals surface area contributed by atoms with Crippen LogP contribution in [-0.2, 0) is 4.74 Å². The van der Waals surface area contributed by atoms with Crippen LogP contribution in [0.15, 0.2) is 0 Å². The molecule has 2 saturated heterocycles. The van der Waals surface area contributed by atoms with Crippen LogP contribution in [0.2, 0.25) is 0 Å². The third kappa shape index (κ3) is 1.28. The number of ether oxygens (including phenoxy) is 1. The molecule has 11 heavy (non-hydrogen) atoms. The fraction of sp³-hybridized carbons (Fsp3) is 1.00. The van der Waals surface area contributed by atoms with Crippen molar-refractivity contribution in [1.29, 1.82) is 0 Å². The van der Waals surface area contributed by atoms with Gasteiger partial charge >= 0.3 is 0 Å². The van der Waals surface area contributed by atoms with Gasteiger partial charge in [-0.05, 0) is 19.9 Å². The fourth-order valence-corrected chi connectivity index (χ4v) is 2.17. The number of fused-ring (bicyclic) bond motifs is 1. The Morgan fingerprint density at radius 2 is 2.45 bits per heavy atom. The Kier molecular flexibility index (Phi) is 2.11. The summed E-state index contributed by atoms with van der Waals surface area (Å²) in [7, 11) is 2.01. The summed E-state index contributed by atoms with van der Waals surface area (Å²) in [5.41, 5.74) is 0. The van der Waals surface area contributed by atoms with Gasteiger partial charge in [0.15, 0.2) is 0 Å². The van der Waals surface area contributed by atoms with Crippen LogP contribution in [0.5, 0.6) is 0 Å². The van der Waals surface area contributed by atoms with Crippen LogP contribution in [0.3, 0.4) is 0 Å². The number of hydrogen-bond acceptors (Lipinski definition) is 3. The van der Waals surface area contributed by atoms with E-state index in [1.54, 1.807) is 0 Å². The molecule has 0 aromatic rings.